The Labute approximate surface area is 152 Å². The first-order valence-corrected chi connectivity index (χ1v) is 9.83. The molecule has 1 amide bonds. The summed E-state index contributed by atoms with van der Waals surface area (Å²) in [5.74, 6) is 0.242. The van der Waals surface area contributed by atoms with Crippen LogP contribution in [0.4, 0.5) is 5.69 Å². The Morgan fingerprint density at radius 1 is 1.46 bits per heavy atom. The second kappa shape index (κ2) is 8.45. The minimum Gasteiger partial charge on any atom is -0.495 e. The first-order chi connectivity index (χ1) is 12.2. The molecule has 0 radical (unpaired) electrons. The molecule has 1 aromatic carbocycles. The van der Waals surface area contributed by atoms with Gasteiger partial charge < -0.3 is 9.64 Å². The molecule has 0 spiro atoms. The lowest BCUT2D eigenvalue weighted by Crippen LogP contribution is -2.40. The van der Waals surface area contributed by atoms with Crippen molar-refractivity contribution in [2.75, 3.05) is 26.7 Å². The number of nitro benzene ring substituents is 1. The van der Waals surface area contributed by atoms with E-state index in [0.29, 0.717) is 19.0 Å². The molecule has 1 aromatic rings. The summed E-state index contributed by atoms with van der Waals surface area (Å²) in [7, 11) is -2.72. The average Bonchev–Trinajstić information content (AvgIpc) is 2.60. The van der Waals surface area contributed by atoms with Crippen LogP contribution in [0.2, 0.25) is 0 Å². The summed E-state index contributed by atoms with van der Waals surface area (Å²) < 4.78 is 32.1. The van der Waals surface area contributed by atoms with E-state index in [0.717, 1.165) is 31.0 Å². The molecule has 1 heterocycles. The summed E-state index contributed by atoms with van der Waals surface area (Å²) >= 11 is 0. The molecule has 1 unspecified atom stereocenters. The van der Waals surface area contributed by atoms with Crippen LogP contribution >= 0.6 is 0 Å². The highest BCUT2D eigenvalue weighted by Crippen LogP contribution is 2.28. The number of ether oxygens (including phenoxy) is 1. The number of sulfonamides is 1. The molecule has 1 N–H and O–H groups in total. The summed E-state index contributed by atoms with van der Waals surface area (Å²) in [5, 5.41) is 10.8. The monoisotopic (exact) mass is 385 g/mol. The van der Waals surface area contributed by atoms with Gasteiger partial charge in [0.15, 0.2) is 0 Å². The number of nitrogens with one attached hydrogen (secondary N) is 1. The Kier molecular flexibility index (Phi) is 6.54. The summed E-state index contributed by atoms with van der Waals surface area (Å²) in [5.41, 5.74) is -0.268. The number of carbonyl (C=O) groups excluding carboxylic acids is 1. The molecule has 1 atom stereocenters. The molecule has 1 aliphatic rings. The normalized spacial score (nSPS) is 17.8. The standard InChI is InChI=1S/C16H23N3O6S/c1-12-4-3-9-18(11-12)16(20)7-8-17-26(23,24)15-6-5-13(19(21)22)10-14(15)25-2/h5-6,10,12,17H,3-4,7-9,11H2,1-2H3. The van der Waals surface area contributed by atoms with Crippen molar-refractivity contribution in [3.63, 3.8) is 0 Å². The highest BCUT2D eigenvalue weighted by Gasteiger charge is 2.24. The maximum absolute atomic E-state index is 12.4. The van der Waals surface area contributed by atoms with Crippen LogP contribution in [0.3, 0.4) is 0 Å². The van der Waals surface area contributed by atoms with Crippen LogP contribution in [0.1, 0.15) is 26.2 Å². The number of likely N-dealkylation sites (tertiary alicyclic amines) is 1. The van der Waals surface area contributed by atoms with E-state index in [2.05, 4.69) is 11.6 Å². The number of methoxy groups -OCH3 is 1. The van der Waals surface area contributed by atoms with Gasteiger partial charge in [0.05, 0.1) is 18.1 Å². The van der Waals surface area contributed by atoms with Gasteiger partial charge in [0.25, 0.3) is 5.69 Å². The van der Waals surface area contributed by atoms with Gasteiger partial charge in [-0.2, -0.15) is 0 Å². The Morgan fingerprint density at radius 3 is 2.81 bits per heavy atom. The highest BCUT2D eigenvalue weighted by molar-refractivity contribution is 7.89. The third-order valence-corrected chi connectivity index (χ3v) is 5.79. The van der Waals surface area contributed by atoms with Crippen LogP contribution in [0.5, 0.6) is 5.75 Å². The smallest absolute Gasteiger partial charge is 0.273 e. The molecule has 1 saturated heterocycles. The zero-order valence-electron chi connectivity index (χ0n) is 14.8. The molecule has 0 bridgehead atoms. The van der Waals surface area contributed by atoms with Crippen LogP contribution in [-0.4, -0.2) is 50.9 Å². The molecule has 26 heavy (non-hydrogen) atoms. The van der Waals surface area contributed by atoms with Gasteiger partial charge in [-0.25, -0.2) is 13.1 Å². The van der Waals surface area contributed by atoms with Crippen molar-refractivity contribution in [1.29, 1.82) is 0 Å². The number of benzene rings is 1. The first-order valence-electron chi connectivity index (χ1n) is 8.34. The number of nitrogens with zero attached hydrogens (tertiary/aromatic N) is 2. The number of nitro groups is 1. The van der Waals surface area contributed by atoms with Crippen molar-refractivity contribution >= 4 is 21.6 Å². The third kappa shape index (κ3) is 4.92. The van der Waals surface area contributed by atoms with Gasteiger partial charge in [-0.3, -0.25) is 14.9 Å². The Morgan fingerprint density at radius 2 is 2.19 bits per heavy atom. The van der Waals surface area contributed by atoms with Crippen LogP contribution in [-0.2, 0) is 14.8 Å². The highest BCUT2D eigenvalue weighted by atomic mass is 32.2. The van der Waals surface area contributed by atoms with Gasteiger partial charge in [0, 0.05) is 32.1 Å². The molecule has 2 rings (SSSR count). The van der Waals surface area contributed by atoms with Gasteiger partial charge in [-0.05, 0) is 24.8 Å². The second-order valence-corrected chi connectivity index (χ2v) is 8.06. The molecule has 1 fully saturated rings. The molecule has 144 valence electrons. The summed E-state index contributed by atoms with van der Waals surface area (Å²) in [4.78, 5) is 23.9. The molecule has 0 aliphatic carbocycles. The lowest BCUT2D eigenvalue weighted by Gasteiger charge is -2.31. The van der Waals surface area contributed by atoms with Crippen LogP contribution in [0.25, 0.3) is 0 Å². The van der Waals surface area contributed by atoms with Gasteiger partial charge in [0.1, 0.15) is 10.6 Å². The number of hydrogen-bond acceptors (Lipinski definition) is 6. The van der Waals surface area contributed by atoms with E-state index in [1.807, 2.05) is 0 Å². The Balaban J connectivity index is 2.00. The van der Waals surface area contributed by atoms with Gasteiger partial charge >= 0.3 is 0 Å². The van der Waals surface area contributed by atoms with Crippen molar-refractivity contribution in [1.82, 2.24) is 9.62 Å². The van der Waals surface area contributed by atoms with Crippen LogP contribution < -0.4 is 9.46 Å². The fraction of sp³-hybridized carbons (Fsp3) is 0.562. The second-order valence-electron chi connectivity index (χ2n) is 6.33. The van der Waals surface area contributed by atoms with Gasteiger partial charge in [-0.15, -0.1) is 0 Å². The quantitative estimate of drug-likeness (QED) is 0.561. The molecule has 0 saturated carbocycles. The van der Waals surface area contributed by atoms with Gasteiger partial charge in [0.2, 0.25) is 15.9 Å². The topological polar surface area (TPSA) is 119 Å². The van der Waals surface area contributed by atoms with Crippen molar-refractivity contribution in [3.8, 4) is 5.75 Å². The number of piperidine rings is 1. The third-order valence-electron chi connectivity index (χ3n) is 4.29. The zero-order valence-corrected chi connectivity index (χ0v) is 15.6. The molecule has 9 nitrogen and oxygen atoms in total. The molecular formula is C16H23N3O6S. The summed E-state index contributed by atoms with van der Waals surface area (Å²) in [6.45, 7) is 3.43. The van der Waals surface area contributed by atoms with E-state index in [4.69, 9.17) is 4.74 Å². The predicted octanol–water partition coefficient (Wildman–Crippen LogP) is 1.53. The fourth-order valence-electron chi connectivity index (χ4n) is 2.94. The maximum atomic E-state index is 12.4. The zero-order chi connectivity index (χ0) is 19.3. The van der Waals surface area contributed by atoms with E-state index < -0.39 is 14.9 Å². The minimum atomic E-state index is -3.95. The van der Waals surface area contributed by atoms with Crippen molar-refractivity contribution in [2.24, 2.45) is 5.92 Å². The number of rotatable bonds is 7. The number of non-ortho nitro benzene ring substituents is 1. The van der Waals surface area contributed by atoms with Crippen molar-refractivity contribution < 1.29 is 22.9 Å². The summed E-state index contributed by atoms with van der Waals surface area (Å²) in [6.07, 6.45) is 2.11. The first kappa shape index (κ1) is 20.1. The lowest BCUT2D eigenvalue weighted by atomic mass is 10.0. The number of carbonyl (C=O) groups is 1. The van der Waals surface area contributed by atoms with E-state index in [1.54, 1.807) is 4.90 Å². The minimum absolute atomic E-state index is 0.0494. The van der Waals surface area contributed by atoms with Gasteiger partial charge in [-0.1, -0.05) is 6.92 Å². The van der Waals surface area contributed by atoms with E-state index in [9.17, 15) is 23.3 Å². The van der Waals surface area contributed by atoms with Crippen LogP contribution in [0, 0.1) is 16.0 Å². The molecule has 0 aromatic heterocycles. The average molecular weight is 385 g/mol. The molecule has 1 aliphatic heterocycles. The van der Waals surface area contributed by atoms with E-state index in [1.165, 1.54) is 7.11 Å². The molecule has 10 heteroatoms. The Bertz CT molecular complexity index is 780. The lowest BCUT2D eigenvalue weighted by molar-refractivity contribution is -0.385. The largest absolute Gasteiger partial charge is 0.495 e. The maximum Gasteiger partial charge on any atom is 0.273 e. The predicted molar refractivity (Wildman–Crippen MR) is 94.4 cm³/mol. The fourth-order valence-corrected chi connectivity index (χ4v) is 4.12. The van der Waals surface area contributed by atoms with Crippen LogP contribution in [0.15, 0.2) is 23.1 Å². The SMILES string of the molecule is COc1cc([N+](=O)[O-])ccc1S(=O)(=O)NCCC(=O)N1CCCC(C)C1. The van der Waals surface area contributed by atoms with Crippen molar-refractivity contribution in [2.45, 2.75) is 31.1 Å². The molecular weight excluding hydrogens is 362 g/mol. The van der Waals surface area contributed by atoms with E-state index in [-0.39, 0.29) is 35.2 Å². The Hall–Kier alpha value is -2.20. The number of hydrogen-bond donors (Lipinski definition) is 1. The summed E-state index contributed by atoms with van der Waals surface area (Å²) in [6, 6.07) is 3.26. The number of amides is 1. The van der Waals surface area contributed by atoms with E-state index >= 15 is 0 Å². The van der Waals surface area contributed by atoms with Crippen molar-refractivity contribution in [3.05, 3.63) is 28.3 Å².